The first kappa shape index (κ1) is 17.0. The molecule has 0 aliphatic carbocycles. The maximum Gasteiger partial charge on any atom is 0.221 e. The van der Waals surface area contributed by atoms with Crippen molar-refractivity contribution in [3.05, 3.63) is 36.5 Å². The molecule has 5 heteroatoms. The average molecular weight is 328 g/mol. The Hall–Kier alpha value is -1.85. The highest BCUT2D eigenvalue weighted by atomic mass is 16.1. The van der Waals surface area contributed by atoms with Crippen molar-refractivity contribution in [1.29, 1.82) is 0 Å². The number of para-hydroxylation sites is 1. The molecule has 0 atom stereocenters. The van der Waals surface area contributed by atoms with Gasteiger partial charge in [-0.2, -0.15) is 0 Å². The predicted octanol–water partition coefficient (Wildman–Crippen LogP) is 1.79. The fraction of sp³-hybridized carbons (Fsp3) is 0.526. The minimum absolute atomic E-state index is 0.145. The third kappa shape index (κ3) is 4.58. The fourth-order valence-electron chi connectivity index (χ4n) is 3.25. The number of carbonyl (C=O) groups excluding carboxylic acids is 1. The summed E-state index contributed by atoms with van der Waals surface area (Å²) in [5.74, 6) is 0.145. The van der Waals surface area contributed by atoms with Gasteiger partial charge in [-0.1, -0.05) is 18.2 Å². The summed E-state index contributed by atoms with van der Waals surface area (Å²) in [5.41, 5.74) is 1.19. The lowest BCUT2D eigenvalue weighted by Crippen LogP contribution is -2.45. The normalized spacial score (nSPS) is 16.5. The number of amides is 1. The van der Waals surface area contributed by atoms with Gasteiger partial charge in [0.05, 0.1) is 0 Å². The molecule has 2 aromatic rings. The van der Waals surface area contributed by atoms with Crippen molar-refractivity contribution >= 4 is 16.8 Å². The van der Waals surface area contributed by atoms with Gasteiger partial charge in [0.15, 0.2) is 0 Å². The molecule has 1 fully saturated rings. The van der Waals surface area contributed by atoms with Crippen LogP contribution in [0.3, 0.4) is 0 Å². The van der Waals surface area contributed by atoms with Gasteiger partial charge in [0.1, 0.15) is 0 Å². The Labute approximate surface area is 144 Å². The molecule has 0 spiro atoms. The zero-order valence-corrected chi connectivity index (χ0v) is 14.6. The summed E-state index contributed by atoms with van der Waals surface area (Å²) in [6.07, 6.45) is 3.63. The number of nitrogens with zero attached hydrogens (tertiary/aromatic N) is 3. The van der Waals surface area contributed by atoms with Crippen LogP contribution in [0.15, 0.2) is 36.5 Å². The van der Waals surface area contributed by atoms with Crippen LogP contribution in [-0.2, 0) is 11.3 Å². The predicted molar refractivity (Wildman–Crippen MR) is 98.1 cm³/mol. The largest absolute Gasteiger partial charge is 0.356 e. The number of hydrogen-bond donors (Lipinski definition) is 1. The molecule has 5 nitrogen and oxygen atoms in total. The third-order valence-corrected chi connectivity index (χ3v) is 4.83. The number of aromatic nitrogens is 1. The van der Waals surface area contributed by atoms with E-state index in [0.717, 1.165) is 52.2 Å². The van der Waals surface area contributed by atoms with Gasteiger partial charge < -0.3 is 19.7 Å². The Balaban J connectivity index is 1.33. The lowest BCUT2D eigenvalue weighted by Gasteiger charge is -2.32. The molecule has 1 aromatic carbocycles. The topological polar surface area (TPSA) is 40.5 Å². The van der Waals surface area contributed by atoms with E-state index in [9.17, 15) is 4.79 Å². The number of likely N-dealkylation sites (N-methyl/N-ethyl adjacent to an activating group) is 1. The quantitative estimate of drug-likeness (QED) is 0.788. The lowest BCUT2D eigenvalue weighted by molar-refractivity contribution is -0.121. The molecule has 0 saturated carbocycles. The van der Waals surface area contributed by atoms with Crippen molar-refractivity contribution in [1.82, 2.24) is 19.7 Å². The van der Waals surface area contributed by atoms with E-state index in [1.54, 1.807) is 0 Å². The molecule has 1 N–H and O–H groups in total. The number of aryl methyl sites for hydroxylation is 1. The highest BCUT2D eigenvalue weighted by Gasteiger charge is 2.12. The second-order valence-electron chi connectivity index (χ2n) is 6.67. The molecule has 0 bridgehead atoms. The summed E-state index contributed by atoms with van der Waals surface area (Å²) in [4.78, 5) is 16.9. The van der Waals surface area contributed by atoms with E-state index in [4.69, 9.17) is 0 Å². The Morgan fingerprint density at radius 3 is 2.71 bits per heavy atom. The van der Waals surface area contributed by atoms with E-state index in [-0.39, 0.29) is 5.91 Å². The van der Waals surface area contributed by atoms with Crippen molar-refractivity contribution in [2.24, 2.45) is 0 Å². The van der Waals surface area contributed by atoms with Crippen LogP contribution in [0, 0.1) is 0 Å². The number of hydrogen-bond acceptors (Lipinski definition) is 3. The Kier molecular flexibility index (Phi) is 5.88. The average Bonchev–Trinajstić information content (AvgIpc) is 3.02. The molecule has 2 heterocycles. The summed E-state index contributed by atoms with van der Waals surface area (Å²) in [6, 6.07) is 10.4. The number of carbonyl (C=O) groups is 1. The molecule has 1 aromatic heterocycles. The van der Waals surface area contributed by atoms with Crippen LogP contribution in [0.1, 0.15) is 12.8 Å². The van der Waals surface area contributed by atoms with E-state index >= 15 is 0 Å². The molecule has 1 aliphatic heterocycles. The van der Waals surface area contributed by atoms with Crippen LogP contribution in [-0.4, -0.2) is 66.6 Å². The number of rotatable bonds is 7. The molecular formula is C19H28N4O. The molecule has 1 aliphatic rings. The molecule has 1 saturated heterocycles. The second kappa shape index (κ2) is 8.31. The second-order valence-corrected chi connectivity index (χ2v) is 6.67. The molecule has 0 radical (unpaired) electrons. The number of piperazine rings is 1. The minimum Gasteiger partial charge on any atom is -0.356 e. The SMILES string of the molecule is CN1CCN(CCCNC(=O)CCn2ccc3ccccc32)CC1. The summed E-state index contributed by atoms with van der Waals surface area (Å²) >= 11 is 0. The van der Waals surface area contributed by atoms with Crippen LogP contribution in [0.25, 0.3) is 10.9 Å². The van der Waals surface area contributed by atoms with E-state index in [0.29, 0.717) is 6.42 Å². The monoisotopic (exact) mass is 328 g/mol. The van der Waals surface area contributed by atoms with Gasteiger partial charge in [-0.25, -0.2) is 0 Å². The highest BCUT2D eigenvalue weighted by Crippen LogP contribution is 2.15. The smallest absolute Gasteiger partial charge is 0.221 e. The maximum atomic E-state index is 12.0. The summed E-state index contributed by atoms with van der Waals surface area (Å²) in [6.45, 7) is 7.18. The maximum absolute atomic E-state index is 12.0. The van der Waals surface area contributed by atoms with Crippen LogP contribution < -0.4 is 5.32 Å². The number of fused-ring (bicyclic) bond motifs is 1. The number of benzene rings is 1. The van der Waals surface area contributed by atoms with Crippen LogP contribution in [0.5, 0.6) is 0 Å². The van der Waals surface area contributed by atoms with Crippen molar-refractivity contribution in [3.8, 4) is 0 Å². The molecular weight excluding hydrogens is 300 g/mol. The standard InChI is InChI=1S/C19H28N4O/c1-21-13-15-22(16-14-21)10-4-9-20-19(24)8-12-23-11-7-17-5-2-3-6-18(17)23/h2-3,5-7,11H,4,8-10,12-16H2,1H3,(H,20,24). The summed E-state index contributed by atoms with van der Waals surface area (Å²) in [7, 11) is 2.17. The van der Waals surface area contributed by atoms with Crippen molar-refractivity contribution in [2.45, 2.75) is 19.4 Å². The highest BCUT2D eigenvalue weighted by molar-refractivity contribution is 5.80. The Bertz CT molecular complexity index is 658. The van der Waals surface area contributed by atoms with Gasteiger partial charge in [-0.15, -0.1) is 0 Å². The van der Waals surface area contributed by atoms with Crippen molar-refractivity contribution in [3.63, 3.8) is 0 Å². The zero-order chi connectivity index (χ0) is 16.8. The van der Waals surface area contributed by atoms with Gasteiger partial charge >= 0.3 is 0 Å². The molecule has 1 amide bonds. The first-order valence-electron chi connectivity index (χ1n) is 8.94. The first-order chi connectivity index (χ1) is 11.7. The van der Waals surface area contributed by atoms with Crippen LogP contribution >= 0.6 is 0 Å². The molecule has 0 unspecified atom stereocenters. The van der Waals surface area contributed by atoms with Gasteiger partial charge in [-0.05, 0) is 37.5 Å². The van der Waals surface area contributed by atoms with E-state index in [1.807, 2.05) is 12.1 Å². The summed E-state index contributed by atoms with van der Waals surface area (Å²) < 4.78 is 2.15. The van der Waals surface area contributed by atoms with E-state index < -0.39 is 0 Å². The van der Waals surface area contributed by atoms with Crippen molar-refractivity contribution < 1.29 is 4.79 Å². The van der Waals surface area contributed by atoms with Crippen molar-refractivity contribution in [2.75, 3.05) is 46.3 Å². The molecule has 24 heavy (non-hydrogen) atoms. The first-order valence-corrected chi connectivity index (χ1v) is 8.94. The fourth-order valence-corrected chi connectivity index (χ4v) is 3.25. The van der Waals surface area contributed by atoms with Gasteiger partial charge in [0.25, 0.3) is 0 Å². The molecule has 130 valence electrons. The lowest BCUT2D eigenvalue weighted by atomic mass is 10.2. The van der Waals surface area contributed by atoms with E-state index in [1.165, 1.54) is 10.9 Å². The third-order valence-electron chi connectivity index (χ3n) is 4.83. The zero-order valence-electron chi connectivity index (χ0n) is 14.6. The van der Waals surface area contributed by atoms with Gasteiger partial charge in [0.2, 0.25) is 5.91 Å². The van der Waals surface area contributed by atoms with Crippen LogP contribution in [0.2, 0.25) is 0 Å². The molecule has 3 rings (SSSR count). The Morgan fingerprint density at radius 2 is 1.88 bits per heavy atom. The summed E-state index contributed by atoms with van der Waals surface area (Å²) in [5, 5.41) is 4.28. The van der Waals surface area contributed by atoms with Gasteiger partial charge in [0, 0.05) is 57.4 Å². The van der Waals surface area contributed by atoms with Crippen LogP contribution in [0.4, 0.5) is 0 Å². The number of nitrogens with one attached hydrogen (secondary N) is 1. The van der Waals surface area contributed by atoms with E-state index in [2.05, 4.69) is 51.1 Å². The van der Waals surface area contributed by atoms with Gasteiger partial charge in [-0.3, -0.25) is 4.79 Å². The minimum atomic E-state index is 0.145. The Morgan fingerprint density at radius 1 is 1.08 bits per heavy atom.